The zero-order valence-corrected chi connectivity index (χ0v) is 12.1. The third kappa shape index (κ3) is 3.62. The van der Waals surface area contributed by atoms with Crippen LogP contribution in [0, 0.1) is 0 Å². The van der Waals surface area contributed by atoms with Crippen LogP contribution in [0.25, 0.3) is 11.3 Å². The van der Waals surface area contributed by atoms with E-state index in [2.05, 4.69) is 20.5 Å². The molecule has 6 nitrogen and oxygen atoms in total. The summed E-state index contributed by atoms with van der Waals surface area (Å²) in [6, 6.07) is 17.6. The van der Waals surface area contributed by atoms with Crippen molar-refractivity contribution in [3.05, 3.63) is 76.6 Å². The Hall–Kier alpha value is -3.41. The van der Waals surface area contributed by atoms with Gasteiger partial charge in [-0.2, -0.15) is 5.10 Å². The molecule has 0 amide bonds. The largest absolute Gasteiger partial charge is 0.507 e. The van der Waals surface area contributed by atoms with Crippen LogP contribution in [0.4, 0.5) is 5.95 Å². The highest BCUT2D eigenvalue weighted by Crippen LogP contribution is 2.15. The Morgan fingerprint density at radius 2 is 1.83 bits per heavy atom. The quantitative estimate of drug-likeness (QED) is 0.510. The molecule has 1 aromatic heterocycles. The van der Waals surface area contributed by atoms with Gasteiger partial charge in [0.1, 0.15) is 5.75 Å². The molecule has 0 bridgehead atoms. The van der Waals surface area contributed by atoms with Crippen molar-refractivity contribution in [1.29, 1.82) is 0 Å². The molecule has 0 saturated carbocycles. The normalized spacial score (nSPS) is 10.8. The molecule has 0 fully saturated rings. The number of phenols is 1. The van der Waals surface area contributed by atoms with Crippen molar-refractivity contribution in [3.63, 3.8) is 0 Å². The van der Waals surface area contributed by atoms with Gasteiger partial charge in [-0.15, -0.1) is 0 Å². The number of benzene rings is 2. The molecule has 0 aliphatic rings. The van der Waals surface area contributed by atoms with Crippen LogP contribution >= 0.6 is 0 Å². The highest BCUT2D eigenvalue weighted by molar-refractivity contribution is 5.83. The van der Waals surface area contributed by atoms with Crippen molar-refractivity contribution in [2.75, 3.05) is 5.43 Å². The van der Waals surface area contributed by atoms with Crippen LogP contribution in [-0.4, -0.2) is 21.3 Å². The van der Waals surface area contributed by atoms with Crippen molar-refractivity contribution < 1.29 is 5.11 Å². The molecule has 114 valence electrons. The van der Waals surface area contributed by atoms with E-state index in [1.807, 2.05) is 30.3 Å². The van der Waals surface area contributed by atoms with Crippen molar-refractivity contribution in [3.8, 4) is 17.0 Å². The Labute approximate surface area is 132 Å². The average molecular weight is 306 g/mol. The Morgan fingerprint density at radius 1 is 1.09 bits per heavy atom. The lowest BCUT2D eigenvalue weighted by Gasteiger charge is -2.03. The molecule has 0 radical (unpaired) electrons. The third-order valence-electron chi connectivity index (χ3n) is 3.12. The molecule has 6 heteroatoms. The topological polar surface area (TPSA) is 90.4 Å². The van der Waals surface area contributed by atoms with Gasteiger partial charge in [-0.3, -0.25) is 9.78 Å². The summed E-state index contributed by atoms with van der Waals surface area (Å²) in [5.41, 5.74) is 4.33. The molecule has 3 rings (SSSR count). The summed E-state index contributed by atoms with van der Waals surface area (Å²) in [5, 5.41) is 13.6. The summed E-state index contributed by atoms with van der Waals surface area (Å²) in [5.74, 6) is 0.348. The highest BCUT2D eigenvalue weighted by Gasteiger charge is 2.03. The average Bonchev–Trinajstić information content (AvgIpc) is 2.57. The van der Waals surface area contributed by atoms with Gasteiger partial charge in [-0.05, 0) is 12.1 Å². The van der Waals surface area contributed by atoms with Crippen LogP contribution in [0.1, 0.15) is 5.56 Å². The van der Waals surface area contributed by atoms with Gasteiger partial charge >= 0.3 is 0 Å². The van der Waals surface area contributed by atoms with E-state index < -0.39 is 0 Å². The van der Waals surface area contributed by atoms with Gasteiger partial charge in [0.05, 0.1) is 11.9 Å². The van der Waals surface area contributed by atoms with Gasteiger partial charge in [-0.25, -0.2) is 10.4 Å². The number of H-pyrrole nitrogens is 1. The summed E-state index contributed by atoms with van der Waals surface area (Å²) < 4.78 is 0. The minimum atomic E-state index is -0.279. The summed E-state index contributed by atoms with van der Waals surface area (Å²) in [7, 11) is 0. The number of hydrazone groups is 1. The minimum absolute atomic E-state index is 0.123. The monoisotopic (exact) mass is 306 g/mol. The number of aromatic hydroxyl groups is 1. The lowest BCUT2D eigenvalue weighted by Crippen LogP contribution is -2.10. The van der Waals surface area contributed by atoms with E-state index in [1.54, 1.807) is 24.3 Å². The third-order valence-corrected chi connectivity index (χ3v) is 3.12. The summed E-state index contributed by atoms with van der Waals surface area (Å²) in [6.45, 7) is 0. The zero-order chi connectivity index (χ0) is 16.1. The first-order valence-corrected chi connectivity index (χ1v) is 6.96. The van der Waals surface area contributed by atoms with Crippen LogP contribution < -0.4 is 11.0 Å². The Morgan fingerprint density at radius 3 is 2.61 bits per heavy atom. The molecule has 3 aromatic rings. The fraction of sp³-hybridized carbons (Fsp3) is 0. The molecule has 1 heterocycles. The van der Waals surface area contributed by atoms with Crippen molar-refractivity contribution in [2.45, 2.75) is 0 Å². The number of hydrogen-bond donors (Lipinski definition) is 3. The number of aromatic amines is 1. The maximum Gasteiger partial charge on any atom is 0.252 e. The summed E-state index contributed by atoms with van der Waals surface area (Å²) in [4.78, 5) is 18.6. The number of nitrogens with zero attached hydrogens (tertiary/aromatic N) is 2. The van der Waals surface area contributed by atoms with E-state index in [9.17, 15) is 9.90 Å². The fourth-order valence-electron chi connectivity index (χ4n) is 2.03. The van der Waals surface area contributed by atoms with E-state index in [1.165, 1.54) is 12.3 Å². The fourth-order valence-corrected chi connectivity index (χ4v) is 2.03. The first kappa shape index (κ1) is 14.5. The van der Waals surface area contributed by atoms with Gasteiger partial charge < -0.3 is 5.11 Å². The second-order valence-electron chi connectivity index (χ2n) is 4.77. The molecule has 0 aliphatic heterocycles. The maximum absolute atomic E-state index is 11.7. The lowest BCUT2D eigenvalue weighted by atomic mass is 10.1. The SMILES string of the molecule is O=c1cc(-c2ccccc2)nc(N/N=C\c2ccccc2O)[nH]1. The molecule has 2 aromatic carbocycles. The van der Waals surface area contributed by atoms with Crippen molar-refractivity contribution in [1.82, 2.24) is 9.97 Å². The molecule has 0 unspecified atom stereocenters. The number of anilines is 1. The highest BCUT2D eigenvalue weighted by atomic mass is 16.3. The van der Waals surface area contributed by atoms with Crippen molar-refractivity contribution in [2.24, 2.45) is 5.10 Å². The molecule has 3 N–H and O–H groups in total. The second-order valence-corrected chi connectivity index (χ2v) is 4.77. The molecule has 23 heavy (non-hydrogen) atoms. The molecular formula is C17H14N4O2. The Balaban J connectivity index is 1.83. The number of rotatable bonds is 4. The molecular weight excluding hydrogens is 292 g/mol. The van der Waals surface area contributed by atoms with Crippen LogP contribution in [0.3, 0.4) is 0 Å². The number of para-hydroxylation sites is 1. The van der Waals surface area contributed by atoms with E-state index in [0.717, 1.165) is 5.56 Å². The van der Waals surface area contributed by atoms with Crippen LogP contribution in [0.15, 0.2) is 70.6 Å². The number of phenolic OH excluding ortho intramolecular Hbond substituents is 1. The maximum atomic E-state index is 11.7. The number of aromatic nitrogens is 2. The molecule has 0 atom stereocenters. The van der Waals surface area contributed by atoms with Gasteiger partial charge in [0.2, 0.25) is 5.95 Å². The smallest absolute Gasteiger partial charge is 0.252 e. The lowest BCUT2D eigenvalue weighted by molar-refractivity contribution is 0.474. The predicted octanol–water partition coefficient (Wildman–Crippen LogP) is 2.59. The van der Waals surface area contributed by atoms with Crippen LogP contribution in [0.5, 0.6) is 5.75 Å². The standard InChI is InChI=1S/C17H14N4O2/c22-15-9-5-4-8-13(15)11-18-21-17-19-14(10-16(23)20-17)12-6-2-1-3-7-12/h1-11,22H,(H2,19,20,21,23)/b18-11-. The Kier molecular flexibility index (Phi) is 4.15. The van der Waals surface area contributed by atoms with Gasteiger partial charge in [-0.1, -0.05) is 42.5 Å². The van der Waals surface area contributed by atoms with E-state index in [-0.39, 0.29) is 17.3 Å². The van der Waals surface area contributed by atoms with E-state index in [0.29, 0.717) is 11.3 Å². The van der Waals surface area contributed by atoms with Gasteiger partial charge in [0, 0.05) is 17.2 Å². The first-order chi connectivity index (χ1) is 11.2. The molecule has 0 saturated heterocycles. The number of hydrogen-bond acceptors (Lipinski definition) is 5. The minimum Gasteiger partial charge on any atom is -0.507 e. The predicted molar refractivity (Wildman–Crippen MR) is 89.6 cm³/mol. The summed E-state index contributed by atoms with van der Waals surface area (Å²) >= 11 is 0. The van der Waals surface area contributed by atoms with Crippen molar-refractivity contribution >= 4 is 12.2 Å². The van der Waals surface area contributed by atoms with Crippen LogP contribution in [0.2, 0.25) is 0 Å². The van der Waals surface area contributed by atoms with E-state index in [4.69, 9.17) is 0 Å². The zero-order valence-electron chi connectivity index (χ0n) is 12.1. The van der Waals surface area contributed by atoms with E-state index >= 15 is 0 Å². The Bertz CT molecular complexity index is 888. The van der Waals surface area contributed by atoms with Crippen LogP contribution in [-0.2, 0) is 0 Å². The van der Waals surface area contributed by atoms with Gasteiger partial charge in [0.25, 0.3) is 5.56 Å². The molecule has 0 aliphatic carbocycles. The van der Waals surface area contributed by atoms with Gasteiger partial charge in [0.15, 0.2) is 0 Å². The second kappa shape index (κ2) is 6.57. The number of nitrogens with one attached hydrogen (secondary N) is 2. The summed E-state index contributed by atoms with van der Waals surface area (Å²) in [6.07, 6.45) is 1.45. The molecule has 0 spiro atoms. The first-order valence-electron chi connectivity index (χ1n) is 6.96.